The number of hydrogen-bond donors (Lipinski definition) is 4. The Hall–Kier alpha value is -2.10. The van der Waals surface area contributed by atoms with E-state index in [0.717, 1.165) is 28.8 Å². The minimum absolute atomic E-state index is 0.0366. The lowest BCUT2D eigenvalue weighted by Crippen LogP contribution is -2.78. The van der Waals surface area contributed by atoms with Gasteiger partial charge in [0, 0.05) is 17.4 Å². The molecule has 2 bridgehead atoms. The Balaban J connectivity index is 1.32. The van der Waals surface area contributed by atoms with Crippen molar-refractivity contribution in [3.63, 3.8) is 0 Å². The van der Waals surface area contributed by atoms with Crippen molar-refractivity contribution in [2.24, 2.45) is 11.3 Å². The van der Waals surface area contributed by atoms with Crippen molar-refractivity contribution in [1.82, 2.24) is 14.9 Å². The van der Waals surface area contributed by atoms with E-state index in [2.05, 4.69) is 35.1 Å². The summed E-state index contributed by atoms with van der Waals surface area (Å²) in [5, 5.41) is 33.6. The fourth-order valence-electron chi connectivity index (χ4n) is 8.83. The van der Waals surface area contributed by atoms with Crippen LogP contribution in [0.25, 0.3) is 16.6 Å². The van der Waals surface area contributed by atoms with Crippen molar-refractivity contribution in [1.29, 1.82) is 0 Å². The summed E-state index contributed by atoms with van der Waals surface area (Å²) in [6.45, 7) is 4.22. The van der Waals surface area contributed by atoms with E-state index >= 15 is 4.39 Å². The van der Waals surface area contributed by atoms with Gasteiger partial charge in [0.05, 0.1) is 22.7 Å². The molecular weight excluding hydrogens is 473 g/mol. The van der Waals surface area contributed by atoms with Gasteiger partial charge in [0.25, 0.3) is 0 Å². The van der Waals surface area contributed by atoms with Crippen LogP contribution in [0.1, 0.15) is 50.4 Å². The van der Waals surface area contributed by atoms with Crippen molar-refractivity contribution in [3.05, 3.63) is 47.3 Å². The van der Waals surface area contributed by atoms with E-state index in [1.807, 2.05) is 38.1 Å². The SMILES string of the molecule is Cc1nc2ccc(C3=CCC4[C@]3(C)CC=C3C(O)C5(F)[C@@H](O)[C@H](O)[C@@H](N(C)C)C[C@]56CC[C@@]34O6)cc2[nH]1. The number of H-pyrrole nitrogens is 1. The lowest BCUT2D eigenvalue weighted by Gasteiger charge is -2.62. The van der Waals surface area contributed by atoms with Gasteiger partial charge in [-0.25, -0.2) is 9.37 Å². The van der Waals surface area contributed by atoms with E-state index in [-0.39, 0.29) is 17.8 Å². The smallest absolute Gasteiger partial charge is 0.197 e. The third-order valence-electron chi connectivity index (χ3n) is 10.7. The molecule has 2 saturated heterocycles. The second kappa shape index (κ2) is 7.30. The maximum absolute atomic E-state index is 17.0. The molecule has 1 aromatic carbocycles. The van der Waals surface area contributed by atoms with Gasteiger partial charge in [-0.2, -0.15) is 0 Å². The number of alkyl halides is 1. The molecule has 3 unspecified atom stereocenters. The van der Waals surface area contributed by atoms with Gasteiger partial charge in [-0.1, -0.05) is 25.1 Å². The summed E-state index contributed by atoms with van der Waals surface area (Å²) in [7, 11) is 3.64. The molecule has 1 aromatic heterocycles. The van der Waals surface area contributed by atoms with Crippen molar-refractivity contribution in [3.8, 4) is 0 Å². The number of likely N-dealkylation sites (N-methyl/N-ethyl adjacent to an activating group) is 1. The first kappa shape index (κ1) is 24.0. The Morgan fingerprint density at radius 3 is 2.70 bits per heavy atom. The zero-order valence-electron chi connectivity index (χ0n) is 21.8. The first-order chi connectivity index (χ1) is 17.5. The summed E-state index contributed by atoms with van der Waals surface area (Å²) in [6.07, 6.45) is 2.31. The summed E-state index contributed by atoms with van der Waals surface area (Å²) in [6, 6.07) is 5.86. The van der Waals surface area contributed by atoms with Crippen LogP contribution in [0.15, 0.2) is 35.9 Å². The molecule has 3 aliphatic carbocycles. The molecule has 0 amide bonds. The number of aromatic amines is 1. The Bertz CT molecular complexity index is 1370. The number of benzene rings is 1. The molecule has 3 fully saturated rings. The zero-order chi connectivity index (χ0) is 26.1. The van der Waals surface area contributed by atoms with E-state index in [9.17, 15) is 15.3 Å². The molecule has 1 saturated carbocycles. The molecule has 37 heavy (non-hydrogen) atoms. The molecule has 2 aliphatic heterocycles. The number of ether oxygens (including phenoxy) is 1. The first-order valence-corrected chi connectivity index (χ1v) is 13.4. The molecule has 3 heterocycles. The van der Waals surface area contributed by atoms with Gasteiger partial charge in [0.1, 0.15) is 23.6 Å². The van der Waals surface area contributed by atoms with Crippen LogP contribution in [0.4, 0.5) is 4.39 Å². The summed E-state index contributed by atoms with van der Waals surface area (Å²) < 4.78 is 23.9. The number of hydrogen-bond acceptors (Lipinski definition) is 6. The lowest BCUT2D eigenvalue weighted by atomic mass is 9.55. The quantitative estimate of drug-likeness (QED) is 0.465. The Labute approximate surface area is 216 Å². The van der Waals surface area contributed by atoms with Crippen LogP contribution in [0, 0.1) is 18.3 Å². The van der Waals surface area contributed by atoms with Crippen molar-refractivity contribution >= 4 is 16.6 Å². The maximum Gasteiger partial charge on any atom is 0.197 e. The number of allylic oxidation sites excluding steroid dienone is 3. The highest BCUT2D eigenvalue weighted by atomic mass is 19.1. The van der Waals surface area contributed by atoms with Crippen LogP contribution in [-0.2, 0) is 4.74 Å². The largest absolute Gasteiger partial charge is 0.389 e. The number of imidazole rings is 1. The normalized spacial score (nSPS) is 46.5. The van der Waals surface area contributed by atoms with E-state index in [1.165, 1.54) is 5.57 Å². The number of aromatic nitrogens is 2. The van der Waals surface area contributed by atoms with Gasteiger partial charge in [-0.15, -0.1) is 0 Å². The third kappa shape index (κ3) is 2.71. The third-order valence-corrected chi connectivity index (χ3v) is 10.7. The highest BCUT2D eigenvalue weighted by Gasteiger charge is 2.79. The van der Waals surface area contributed by atoms with E-state index in [4.69, 9.17) is 4.74 Å². The van der Waals surface area contributed by atoms with Crippen LogP contribution in [0.5, 0.6) is 0 Å². The summed E-state index contributed by atoms with van der Waals surface area (Å²) in [5.41, 5.74) is 0.0188. The number of aliphatic hydroxyl groups excluding tert-OH is 3. The van der Waals surface area contributed by atoms with Gasteiger partial charge in [-0.05, 0) is 82.0 Å². The highest BCUT2D eigenvalue weighted by molar-refractivity contribution is 5.83. The van der Waals surface area contributed by atoms with Crippen LogP contribution in [0.3, 0.4) is 0 Å². The van der Waals surface area contributed by atoms with Crippen molar-refractivity contribution < 1.29 is 24.4 Å². The number of rotatable bonds is 2. The second-order valence-electron chi connectivity index (χ2n) is 12.6. The van der Waals surface area contributed by atoms with E-state index < -0.39 is 41.2 Å². The number of aryl methyl sites for hydroxylation is 1. The number of halogens is 1. The molecule has 7 rings (SSSR count). The number of fused-ring (bicyclic) bond motifs is 2. The Kier molecular flexibility index (Phi) is 4.73. The number of nitrogens with one attached hydrogen (secondary N) is 1. The van der Waals surface area contributed by atoms with E-state index in [0.29, 0.717) is 24.8 Å². The average Bonchev–Trinajstić information content (AvgIpc) is 3.51. The van der Waals surface area contributed by atoms with Gasteiger partial charge in [0.2, 0.25) is 0 Å². The topological polar surface area (TPSA) is 102 Å². The van der Waals surface area contributed by atoms with Crippen molar-refractivity contribution in [2.45, 2.75) is 87.2 Å². The fourth-order valence-corrected chi connectivity index (χ4v) is 8.83. The van der Waals surface area contributed by atoms with E-state index in [1.54, 1.807) is 0 Å². The molecule has 2 aromatic rings. The van der Waals surface area contributed by atoms with Gasteiger partial charge in [-0.3, -0.25) is 0 Å². The molecule has 198 valence electrons. The predicted molar refractivity (Wildman–Crippen MR) is 137 cm³/mol. The van der Waals surface area contributed by atoms with Gasteiger partial charge in [0.15, 0.2) is 5.67 Å². The predicted octanol–water partition coefficient (Wildman–Crippen LogP) is 3.04. The maximum atomic E-state index is 17.0. The number of nitrogens with zero attached hydrogens (tertiary/aromatic N) is 2. The van der Waals surface area contributed by atoms with Gasteiger partial charge >= 0.3 is 0 Å². The average molecular weight is 510 g/mol. The summed E-state index contributed by atoms with van der Waals surface area (Å²) >= 11 is 0. The summed E-state index contributed by atoms with van der Waals surface area (Å²) in [5.74, 6) is 0.918. The summed E-state index contributed by atoms with van der Waals surface area (Å²) in [4.78, 5) is 9.70. The zero-order valence-corrected chi connectivity index (χ0v) is 21.8. The minimum atomic E-state index is -2.46. The molecule has 0 radical (unpaired) electrons. The highest BCUT2D eigenvalue weighted by Crippen LogP contribution is 2.70. The van der Waals surface area contributed by atoms with Gasteiger partial charge < -0.3 is 29.9 Å². The lowest BCUT2D eigenvalue weighted by molar-refractivity contribution is -0.308. The van der Waals surface area contributed by atoms with Crippen molar-refractivity contribution in [2.75, 3.05) is 14.1 Å². The molecular formula is C29H36FN3O4. The molecule has 9 atom stereocenters. The second-order valence-corrected chi connectivity index (χ2v) is 12.6. The fraction of sp³-hybridized carbons (Fsp3) is 0.621. The Morgan fingerprint density at radius 1 is 1.16 bits per heavy atom. The first-order valence-electron chi connectivity index (χ1n) is 13.4. The minimum Gasteiger partial charge on any atom is -0.389 e. The molecule has 7 nitrogen and oxygen atoms in total. The van der Waals surface area contributed by atoms with Crippen LogP contribution >= 0.6 is 0 Å². The molecule has 4 N–H and O–H groups in total. The van der Waals surface area contributed by atoms with Crippen LogP contribution < -0.4 is 0 Å². The van der Waals surface area contributed by atoms with Crippen LogP contribution in [-0.4, -0.2) is 85.5 Å². The Morgan fingerprint density at radius 2 is 1.95 bits per heavy atom. The van der Waals surface area contributed by atoms with Crippen LogP contribution in [0.2, 0.25) is 0 Å². The molecule has 8 heteroatoms. The monoisotopic (exact) mass is 509 g/mol. The molecule has 2 spiro atoms. The molecule has 5 aliphatic rings. The number of aliphatic hydroxyl groups is 3. The standard InChI is InChI=1S/C29H36FN3O4/c1-15-31-19-7-5-16(13-20(19)32-15)17-6-8-22-26(17,2)10-9-18-24(35)29(30)25(36)23(34)21(33(3)4)14-27(29)11-12-28(18,22)37-27/h5-7,9,13,21-25,34-36H,8,10-12,14H2,1-4H3,(H,31,32)/t21-,22?,23+,24?,25-,26+,27+,28+,29?/m0/s1.